The minimum atomic E-state index is -6.01. The number of benzene rings is 1. The van der Waals surface area contributed by atoms with Gasteiger partial charge in [0.25, 0.3) is 12.1 Å². The molecule has 12 heteroatoms. The fourth-order valence-corrected chi connectivity index (χ4v) is 1.55. The first-order valence-corrected chi connectivity index (χ1v) is 5.07. The number of carbonyl (C=O) groups is 2. The van der Waals surface area contributed by atoms with Crippen LogP contribution in [0.1, 0.15) is 26.3 Å². The van der Waals surface area contributed by atoms with Crippen molar-refractivity contribution >= 4 is 36.8 Å². The van der Waals surface area contributed by atoms with Gasteiger partial charge in [-0.05, 0) is 12.1 Å². The summed E-state index contributed by atoms with van der Waals surface area (Å²) < 4.78 is 76.3. The highest BCUT2D eigenvalue weighted by Crippen LogP contribution is 2.47. The van der Waals surface area contributed by atoms with Gasteiger partial charge in [-0.1, -0.05) is 6.07 Å². The van der Waals surface area contributed by atoms with Crippen molar-refractivity contribution < 1.29 is 46.1 Å². The molecule has 1 aromatic carbocycles. The number of hydrogen-bond donors (Lipinski definition) is 2. The zero-order valence-corrected chi connectivity index (χ0v) is 12.2. The maximum absolute atomic E-state index is 13.7. The van der Waals surface area contributed by atoms with Crippen LogP contribution in [0.25, 0.3) is 0 Å². The molecule has 0 bridgehead atoms. The molecule has 4 nitrogen and oxygen atoms in total. The number of aromatic carboxylic acids is 2. The van der Waals surface area contributed by atoms with Gasteiger partial charge >= 0.3 is 18.1 Å². The maximum atomic E-state index is 13.7. The van der Waals surface area contributed by atoms with Crippen LogP contribution in [-0.4, -0.2) is 34.8 Å². The highest BCUT2D eigenvalue weighted by atomic mass is 35.5. The largest absolute Gasteiger partial charge is 0.478 e. The van der Waals surface area contributed by atoms with Gasteiger partial charge < -0.3 is 10.2 Å². The van der Waals surface area contributed by atoms with E-state index in [1.165, 1.54) is 0 Å². The lowest BCUT2D eigenvalue weighted by Gasteiger charge is -2.27. The standard InChI is InChI=1S/C11H6F6O4.2ClH/c12-9(13)10(14,11(15,16)17)4-1-2-5(7(18)19)6(3-4)8(20)21;;/h1-3,9H,(H,18,19)(H,20,21);2*1H. The Morgan fingerprint density at radius 3 is 1.65 bits per heavy atom. The molecule has 1 rings (SSSR count). The molecular formula is C11H8Cl2F6O4. The van der Waals surface area contributed by atoms with Gasteiger partial charge in [0, 0.05) is 5.56 Å². The van der Waals surface area contributed by atoms with Crippen LogP contribution in [-0.2, 0) is 5.67 Å². The van der Waals surface area contributed by atoms with E-state index in [1.54, 1.807) is 0 Å². The first-order valence-electron chi connectivity index (χ1n) is 5.07. The molecule has 0 aliphatic heterocycles. The summed E-state index contributed by atoms with van der Waals surface area (Å²) in [5.74, 6) is -3.81. The van der Waals surface area contributed by atoms with Gasteiger partial charge in [0.15, 0.2) is 0 Å². The molecule has 0 heterocycles. The van der Waals surface area contributed by atoms with Gasteiger partial charge in [0.2, 0.25) is 0 Å². The molecule has 0 aliphatic carbocycles. The summed E-state index contributed by atoms with van der Waals surface area (Å²) in [6.07, 6.45) is -10.5. The third kappa shape index (κ3) is 4.20. The van der Waals surface area contributed by atoms with Gasteiger partial charge in [0.1, 0.15) is 0 Å². The second kappa shape index (κ2) is 7.73. The van der Waals surface area contributed by atoms with Gasteiger partial charge in [-0.15, -0.1) is 24.8 Å². The second-order valence-corrected chi connectivity index (χ2v) is 3.88. The number of carboxylic acid groups (broad SMARTS) is 2. The molecule has 1 atom stereocenters. The Morgan fingerprint density at radius 2 is 1.35 bits per heavy atom. The van der Waals surface area contributed by atoms with Gasteiger partial charge in [0.05, 0.1) is 11.1 Å². The average Bonchev–Trinajstić information content (AvgIpc) is 2.35. The zero-order valence-electron chi connectivity index (χ0n) is 10.6. The smallest absolute Gasteiger partial charge is 0.432 e. The topological polar surface area (TPSA) is 74.6 Å². The summed E-state index contributed by atoms with van der Waals surface area (Å²) in [5, 5.41) is 17.3. The van der Waals surface area contributed by atoms with Crippen LogP contribution >= 0.6 is 24.8 Å². The first-order chi connectivity index (χ1) is 9.42. The minimum absolute atomic E-state index is 0. The maximum Gasteiger partial charge on any atom is 0.432 e. The Morgan fingerprint density at radius 1 is 0.913 bits per heavy atom. The Labute approximate surface area is 136 Å². The molecule has 0 amide bonds. The lowest BCUT2D eigenvalue weighted by atomic mass is 9.92. The van der Waals surface area contributed by atoms with Gasteiger partial charge in [-0.3, -0.25) is 0 Å². The number of carboxylic acids is 2. The van der Waals surface area contributed by atoms with Crippen molar-refractivity contribution in [2.24, 2.45) is 0 Å². The van der Waals surface area contributed by atoms with Gasteiger partial charge in [-0.25, -0.2) is 22.8 Å². The lowest BCUT2D eigenvalue weighted by molar-refractivity contribution is -0.274. The minimum Gasteiger partial charge on any atom is -0.478 e. The van der Waals surface area contributed by atoms with Crippen molar-refractivity contribution in [2.75, 3.05) is 0 Å². The van der Waals surface area contributed by atoms with Crippen molar-refractivity contribution in [3.63, 3.8) is 0 Å². The fraction of sp³-hybridized carbons (Fsp3) is 0.273. The van der Waals surface area contributed by atoms with E-state index in [0.717, 1.165) is 0 Å². The van der Waals surface area contributed by atoms with Crippen LogP contribution < -0.4 is 0 Å². The molecule has 0 aromatic heterocycles. The van der Waals surface area contributed by atoms with E-state index in [1.807, 2.05) is 0 Å². The predicted octanol–water partition coefficient (Wildman–Crippen LogP) is 3.92. The zero-order chi connectivity index (χ0) is 16.6. The average molecular weight is 389 g/mol. The van der Waals surface area contributed by atoms with E-state index in [0.29, 0.717) is 6.07 Å². The van der Waals surface area contributed by atoms with Gasteiger partial charge in [-0.2, -0.15) is 13.2 Å². The fourth-order valence-electron chi connectivity index (χ4n) is 1.55. The lowest BCUT2D eigenvalue weighted by Crippen LogP contribution is -2.44. The quantitative estimate of drug-likeness (QED) is 0.766. The summed E-state index contributed by atoms with van der Waals surface area (Å²) in [5.41, 5.74) is -8.97. The van der Waals surface area contributed by atoms with Crippen LogP contribution in [0, 0.1) is 0 Å². The molecule has 0 saturated carbocycles. The summed E-state index contributed by atoms with van der Waals surface area (Å²) >= 11 is 0. The van der Waals surface area contributed by atoms with Crippen LogP contribution in [0.15, 0.2) is 18.2 Å². The van der Waals surface area contributed by atoms with Crippen LogP contribution in [0.2, 0.25) is 0 Å². The summed E-state index contributed by atoms with van der Waals surface area (Å²) in [6.45, 7) is 0. The van der Waals surface area contributed by atoms with Crippen LogP contribution in [0.4, 0.5) is 26.3 Å². The highest BCUT2D eigenvalue weighted by molar-refractivity contribution is 6.01. The van der Waals surface area contributed by atoms with Crippen molar-refractivity contribution in [2.45, 2.75) is 18.3 Å². The number of halogens is 8. The van der Waals surface area contributed by atoms with Crippen molar-refractivity contribution in [3.05, 3.63) is 34.9 Å². The molecule has 1 aromatic rings. The molecule has 0 spiro atoms. The number of hydrogen-bond acceptors (Lipinski definition) is 2. The Balaban J connectivity index is 0. The first kappa shape index (κ1) is 23.6. The molecule has 0 fully saturated rings. The molecule has 1 unspecified atom stereocenters. The summed E-state index contributed by atoms with van der Waals surface area (Å²) in [6, 6.07) is 0.421. The highest BCUT2D eigenvalue weighted by Gasteiger charge is 2.64. The Bertz CT molecular complexity index is 592. The van der Waals surface area contributed by atoms with E-state index < -0.39 is 46.9 Å². The van der Waals surface area contributed by atoms with Crippen molar-refractivity contribution in [3.8, 4) is 0 Å². The molecular weight excluding hydrogens is 381 g/mol. The molecule has 2 N–H and O–H groups in total. The monoisotopic (exact) mass is 388 g/mol. The van der Waals surface area contributed by atoms with E-state index in [-0.39, 0.29) is 36.9 Å². The molecule has 132 valence electrons. The third-order valence-corrected chi connectivity index (χ3v) is 2.61. The third-order valence-electron chi connectivity index (χ3n) is 2.61. The molecule has 0 saturated heterocycles. The number of alkyl halides is 6. The SMILES string of the molecule is Cl.Cl.O=C(O)c1ccc(C(F)(C(F)F)C(F)(F)F)cc1C(=O)O. The number of rotatable bonds is 4. The van der Waals surface area contributed by atoms with Crippen molar-refractivity contribution in [1.82, 2.24) is 0 Å². The van der Waals surface area contributed by atoms with E-state index in [4.69, 9.17) is 10.2 Å². The van der Waals surface area contributed by atoms with Crippen molar-refractivity contribution in [1.29, 1.82) is 0 Å². The van der Waals surface area contributed by atoms with Crippen LogP contribution in [0.3, 0.4) is 0 Å². The predicted molar refractivity (Wildman–Crippen MR) is 69.7 cm³/mol. The Kier molecular flexibility index (Phi) is 7.93. The van der Waals surface area contributed by atoms with E-state index >= 15 is 0 Å². The van der Waals surface area contributed by atoms with E-state index in [2.05, 4.69) is 0 Å². The summed E-state index contributed by atoms with van der Waals surface area (Å²) in [7, 11) is 0. The van der Waals surface area contributed by atoms with Crippen LogP contribution in [0.5, 0.6) is 0 Å². The van der Waals surface area contributed by atoms with E-state index in [9.17, 15) is 35.9 Å². The summed E-state index contributed by atoms with van der Waals surface area (Å²) in [4.78, 5) is 21.5. The molecule has 23 heavy (non-hydrogen) atoms. The normalized spacial score (nSPS) is 13.5. The Hall–Kier alpha value is -1.68. The molecule has 0 radical (unpaired) electrons. The second-order valence-electron chi connectivity index (χ2n) is 3.88. The molecule has 0 aliphatic rings.